The lowest BCUT2D eigenvalue weighted by Gasteiger charge is -2.44. The second kappa shape index (κ2) is 13.7. The number of halogens is 2. The largest absolute Gasteiger partial charge is 0.493 e. The number of benzene rings is 2. The Morgan fingerprint density at radius 1 is 1.04 bits per heavy atom. The first-order valence-electron chi connectivity index (χ1n) is 15.7. The lowest BCUT2D eigenvalue weighted by molar-refractivity contribution is 0.0846. The molecule has 0 aliphatic carbocycles. The van der Waals surface area contributed by atoms with E-state index in [2.05, 4.69) is 77.0 Å². The van der Waals surface area contributed by atoms with Crippen LogP contribution < -0.4 is 25.0 Å². The predicted octanol–water partition coefficient (Wildman–Crippen LogP) is 5.99. The molecule has 6 rings (SSSR count). The zero-order chi connectivity index (χ0) is 32.6. The Kier molecular flexibility index (Phi) is 9.86. The van der Waals surface area contributed by atoms with E-state index >= 15 is 0 Å². The summed E-state index contributed by atoms with van der Waals surface area (Å²) in [6.07, 6.45) is 8.33. The molecule has 2 saturated heterocycles. The van der Waals surface area contributed by atoms with Gasteiger partial charge in [-0.3, -0.25) is 9.62 Å². The Balaban J connectivity index is 1.15. The minimum Gasteiger partial charge on any atom is -0.493 e. The predicted molar refractivity (Wildman–Crippen MR) is 190 cm³/mol. The number of hydrogen-bond acceptors (Lipinski definition) is 10. The molecule has 1 unspecified atom stereocenters. The summed E-state index contributed by atoms with van der Waals surface area (Å²) >= 11 is 10.4. The summed E-state index contributed by atoms with van der Waals surface area (Å²) in [4.78, 5) is 16.7. The minimum absolute atomic E-state index is 0.341. The third-order valence-electron chi connectivity index (χ3n) is 9.13. The molecular weight excluding hydrogens is 692 g/mol. The summed E-state index contributed by atoms with van der Waals surface area (Å²) in [5, 5.41) is 7.10. The van der Waals surface area contributed by atoms with Crippen molar-refractivity contribution in [2.24, 2.45) is 0 Å². The lowest BCUT2D eigenvalue weighted by atomic mass is 9.97. The van der Waals surface area contributed by atoms with Crippen LogP contribution in [0.15, 0.2) is 34.9 Å². The van der Waals surface area contributed by atoms with Crippen LogP contribution in [0.2, 0.25) is 5.02 Å². The highest BCUT2D eigenvalue weighted by Gasteiger charge is 2.30. The third kappa shape index (κ3) is 7.65. The maximum atomic E-state index is 12.1. The van der Waals surface area contributed by atoms with E-state index in [0.29, 0.717) is 69.2 Å². The van der Waals surface area contributed by atoms with Gasteiger partial charge in [-0.2, -0.15) is 4.98 Å². The molecule has 1 atom stereocenters. The molecule has 248 valence electrons. The van der Waals surface area contributed by atoms with Crippen LogP contribution in [0.4, 0.5) is 34.5 Å². The van der Waals surface area contributed by atoms with Crippen molar-refractivity contribution < 1.29 is 13.2 Å². The van der Waals surface area contributed by atoms with Crippen LogP contribution in [0.3, 0.4) is 0 Å². The number of likely N-dealkylation sites (N-methyl/N-ethyl adjacent to an activating group) is 1. The van der Waals surface area contributed by atoms with E-state index in [1.807, 2.05) is 12.1 Å². The zero-order valence-corrected chi connectivity index (χ0v) is 29.9. The molecule has 14 heteroatoms. The third-order valence-corrected chi connectivity index (χ3v) is 10.6. The number of fused-ring (bicyclic) bond motifs is 1. The fourth-order valence-corrected chi connectivity index (χ4v) is 7.76. The minimum atomic E-state index is -3.51. The van der Waals surface area contributed by atoms with Crippen molar-refractivity contribution in [3.8, 4) is 5.75 Å². The van der Waals surface area contributed by atoms with E-state index < -0.39 is 10.0 Å². The Morgan fingerprint density at radius 3 is 2.57 bits per heavy atom. The molecule has 4 heterocycles. The maximum Gasteiger partial charge on any atom is 0.229 e. The molecule has 11 nitrogen and oxygen atoms in total. The van der Waals surface area contributed by atoms with E-state index in [1.54, 1.807) is 18.3 Å². The first-order valence-corrected chi connectivity index (χ1v) is 18.8. The highest BCUT2D eigenvalue weighted by atomic mass is 79.9. The number of aryl methyl sites for hydroxylation is 1. The number of sulfonamides is 1. The summed E-state index contributed by atoms with van der Waals surface area (Å²) < 4.78 is 33.1. The molecule has 2 aromatic carbocycles. The number of anilines is 6. The molecule has 0 amide bonds. The summed E-state index contributed by atoms with van der Waals surface area (Å²) in [5.74, 6) is 1.50. The molecule has 3 N–H and O–H groups in total. The van der Waals surface area contributed by atoms with Crippen LogP contribution in [-0.4, -0.2) is 93.4 Å². The molecule has 0 saturated carbocycles. The number of hydrogen-bond donors (Lipinski definition) is 3. The average Bonchev–Trinajstić information content (AvgIpc) is 3.47. The van der Waals surface area contributed by atoms with Gasteiger partial charge >= 0.3 is 0 Å². The molecule has 0 radical (unpaired) electrons. The number of rotatable bonds is 9. The van der Waals surface area contributed by atoms with Crippen molar-refractivity contribution in [2.45, 2.75) is 51.1 Å². The van der Waals surface area contributed by atoms with Gasteiger partial charge in [0.1, 0.15) is 11.6 Å². The molecule has 3 aliphatic rings. The standard InChI is InChI=1S/C32H42BrClN8O3S/c1-20-14-26(25(34)16-29(20)41-11-7-22(8-12-41)42-10-5-6-23(19-42)40(2)3)37-32-35-18-24(33)31(38-32)36-27-17-30-21(9-13-45-30)15-28(27)39-46(4,43)44/h14-18,22-23,39H,5-13,19H2,1-4H3,(H2,35,36,37,38). The Morgan fingerprint density at radius 2 is 1.83 bits per heavy atom. The van der Waals surface area contributed by atoms with Gasteiger partial charge < -0.3 is 25.2 Å². The van der Waals surface area contributed by atoms with Crippen LogP contribution in [0.5, 0.6) is 5.75 Å². The summed E-state index contributed by atoms with van der Waals surface area (Å²) in [7, 11) is 0.882. The number of ether oxygens (including phenoxy) is 1. The lowest BCUT2D eigenvalue weighted by Crippen LogP contribution is -2.52. The summed E-state index contributed by atoms with van der Waals surface area (Å²) in [6, 6.07) is 8.94. The fourth-order valence-electron chi connectivity index (χ4n) is 6.69. The van der Waals surface area contributed by atoms with Gasteiger partial charge in [-0.15, -0.1) is 0 Å². The monoisotopic (exact) mass is 732 g/mol. The number of nitrogens with one attached hydrogen (secondary N) is 3. The first kappa shape index (κ1) is 33.1. The van der Waals surface area contributed by atoms with Crippen molar-refractivity contribution in [2.75, 3.05) is 73.4 Å². The molecule has 1 aromatic heterocycles. The van der Waals surface area contributed by atoms with Gasteiger partial charge in [0, 0.05) is 56.1 Å². The fraction of sp³-hybridized carbons (Fsp3) is 0.500. The molecule has 46 heavy (non-hydrogen) atoms. The van der Waals surface area contributed by atoms with Gasteiger partial charge in [-0.05, 0) is 98.5 Å². The van der Waals surface area contributed by atoms with E-state index in [-0.39, 0.29) is 0 Å². The van der Waals surface area contributed by atoms with E-state index in [4.69, 9.17) is 16.3 Å². The zero-order valence-electron chi connectivity index (χ0n) is 26.7. The number of nitrogens with zero attached hydrogens (tertiary/aromatic N) is 5. The van der Waals surface area contributed by atoms with Crippen LogP contribution in [-0.2, 0) is 16.4 Å². The van der Waals surface area contributed by atoms with Crippen molar-refractivity contribution >= 4 is 72.1 Å². The maximum absolute atomic E-state index is 12.1. The van der Waals surface area contributed by atoms with Crippen LogP contribution >= 0.6 is 27.5 Å². The van der Waals surface area contributed by atoms with Gasteiger partial charge in [0.15, 0.2) is 0 Å². The SMILES string of the molecule is Cc1cc(Nc2ncc(Br)c(Nc3cc4c(cc3NS(C)(=O)=O)CCO4)n2)c(Cl)cc1N1CCC(N2CCCC(N(C)C)C2)CC1. The first-order chi connectivity index (χ1) is 21.9. The quantitative estimate of drug-likeness (QED) is 0.243. The summed E-state index contributed by atoms with van der Waals surface area (Å²) in [6.45, 7) is 7.04. The Labute approximate surface area is 285 Å². The molecule has 0 spiro atoms. The Bertz CT molecular complexity index is 1700. The van der Waals surface area contributed by atoms with Crippen molar-refractivity contribution in [3.05, 3.63) is 51.1 Å². The number of aromatic nitrogens is 2. The molecule has 2 fully saturated rings. The highest BCUT2D eigenvalue weighted by Crippen LogP contribution is 2.39. The van der Waals surface area contributed by atoms with Gasteiger partial charge in [0.2, 0.25) is 16.0 Å². The van der Waals surface area contributed by atoms with Crippen molar-refractivity contribution in [1.82, 2.24) is 19.8 Å². The molecule has 3 aromatic rings. The van der Waals surface area contributed by atoms with Gasteiger partial charge in [0.25, 0.3) is 0 Å². The van der Waals surface area contributed by atoms with Crippen molar-refractivity contribution in [3.63, 3.8) is 0 Å². The number of piperidine rings is 2. The van der Waals surface area contributed by atoms with Crippen LogP contribution in [0.25, 0.3) is 0 Å². The van der Waals surface area contributed by atoms with E-state index in [9.17, 15) is 8.42 Å². The second-order valence-corrected chi connectivity index (χ2v) is 15.7. The molecule has 0 bridgehead atoms. The normalized spacial score (nSPS) is 19.2. The second-order valence-electron chi connectivity index (χ2n) is 12.7. The van der Waals surface area contributed by atoms with Gasteiger partial charge in [0.05, 0.1) is 39.4 Å². The van der Waals surface area contributed by atoms with Crippen LogP contribution in [0.1, 0.15) is 36.8 Å². The average molecular weight is 734 g/mol. The van der Waals surface area contributed by atoms with Gasteiger partial charge in [-0.25, -0.2) is 13.4 Å². The van der Waals surface area contributed by atoms with Crippen molar-refractivity contribution in [1.29, 1.82) is 0 Å². The van der Waals surface area contributed by atoms with Gasteiger partial charge in [-0.1, -0.05) is 11.6 Å². The van der Waals surface area contributed by atoms with Crippen LogP contribution in [0, 0.1) is 6.92 Å². The molecular formula is C32H42BrClN8O3S. The van der Waals surface area contributed by atoms with E-state index in [1.165, 1.54) is 25.9 Å². The molecule has 3 aliphatic heterocycles. The summed E-state index contributed by atoms with van der Waals surface area (Å²) in [5.41, 5.74) is 4.86. The topological polar surface area (TPSA) is 115 Å². The highest BCUT2D eigenvalue weighted by molar-refractivity contribution is 9.10. The number of likely N-dealkylation sites (tertiary alicyclic amines) is 1. The Hall–Kier alpha value is -2.84. The smallest absolute Gasteiger partial charge is 0.229 e. The van der Waals surface area contributed by atoms with E-state index in [0.717, 1.165) is 49.0 Å².